The normalized spacial score (nSPS) is 15.6. The van der Waals surface area contributed by atoms with E-state index in [9.17, 15) is 4.79 Å². The molecule has 4 nitrogen and oxygen atoms in total. The lowest BCUT2D eigenvalue weighted by Gasteiger charge is -2.23. The van der Waals surface area contributed by atoms with Crippen molar-refractivity contribution in [3.8, 4) is 0 Å². The predicted octanol–water partition coefficient (Wildman–Crippen LogP) is 4.58. The van der Waals surface area contributed by atoms with Crippen LogP contribution in [0, 0.1) is 6.92 Å². The number of anilines is 2. The predicted molar refractivity (Wildman–Crippen MR) is 111 cm³/mol. The lowest BCUT2D eigenvalue weighted by molar-refractivity contribution is -0.115. The van der Waals surface area contributed by atoms with Gasteiger partial charge in [-0.15, -0.1) is 11.3 Å². The second-order valence-corrected chi connectivity index (χ2v) is 8.08. The Kier molecular flexibility index (Phi) is 4.94. The first-order valence-corrected chi connectivity index (χ1v) is 10.1. The molecule has 0 saturated heterocycles. The number of nitrogens with zero attached hydrogens (tertiary/aromatic N) is 2. The molecular weight excluding hydrogens is 354 g/mol. The van der Waals surface area contributed by atoms with Crippen LogP contribution < -0.4 is 10.2 Å². The van der Waals surface area contributed by atoms with Crippen LogP contribution in [-0.2, 0) is 24.2 Å². The Morgan fingerprint density at radius 2 is 2.00 bits per heavy atom. The molecule has 0 bridgehead atoms. The largest absolute Gasteiger partial charge is 0.362 e. The van der Waals surface area contributed by atoms with Crippen molar-refractivity contribution in [1.29, 1.82) is 0 Å². The molecule has 5 heteroatoms. The van der Waals surface area contributed by atoms with Crippen molar-refractivity contribution < 1.29 is 4.79 Å². The molecule has 0 fully saturated rings. The maximum Gasteiger partial charge on any atom is 0.231 e. The number of fused-ring (bicyclic) bond motifs is 1. The number of para-hydroxylation sites is 1. The first-order chi connectivity index (χ1) is 13.1. The van der Waals surface area contributed by atoms with E-state index in [0.717, 1.165) is 29.4 Å². The number of aryl methyl sites for hydroxylation is 1. The van der Waals surface area contributed by atoms with E-state index in [2.05, 4.69) is 46.8 Å². The monoisotopic (exact) mass is 377 g/mol. The molecule has 1 N–H and O–H groups in total. The van der Waals surface area contributed by atoms with Crippen molar-refractivity contribution >= 4 is 28.6 Å². The highest BCUT2D eigenvalue weighted by Gasteiger charge is 2.26. The van der Waals surface area contributed by atoms with Gasteiger partial charge >= 0.3 is 0 Å². The van der Waals surface area contributed by atoms with E-state index in [4.69, 9.17) is 4.98 Å². The van der Waals surface area contributed by atoms with E-state index in [1.54, 1.807) is 11.3 Å². The Morgan fingerprint density at radius 1 is 1.22 bits per heavy atom. The average Bonchev–Trinajstić information content (AvgIpc) is 3.21. The van der Waals surface area contributed by atoms with E-state index in [0.29, 0.717) is 12.5 Å². The Labute approximate surface area is 163 Å². The summed E-state index contributed by atoms with van der Waals surface area (Å²) in [5, 5.41) is 5.87. The molecule has 0 radical (unpaired) electrons. The molecule has 27 heavy (non-hydrogen) atoms. The Balaban J connectivity index is 1.39. The highest BCUT2D eigenvalue weighted by molar-refractivity contribution is 7.09. The fourth-order valence-corrected chi connectivity index (χ4v) is 4.31. The molecule has 0 saturated carbocycles. The lowest BCUT2D eigenvalue weighted by Crippen LogP contribution is -2.28. The third-order valence-corrected chi connectivity index (χ3v) is 5.82. The van der Waals surface area contributed by atoms with Crippen molar-refractivity contribution in [2.24, 2.45) is 0 Å². The summed E-state index contributed by atoms with van der Waals surface area (Å²) in [5.74, 6) is -0.0281. The first kappa shape index (κ1) is 17.7. The summed E-state index contributed by atoms with van der Waals surface area (Å²) in [4.78, 5) is 19.4. The zero-order chi connectivity index (χ0) is 18.8. The van der Waals surface area contributed by atoms with Crippen LogP contribution >= 0.6 is 11.3 Å². The van der Waals surface area contributed by atoms with Gasteiger partial charge in [0.15, 0.2) is 0 Å². The van der Waals surface area contributed by atoms with E-state index in [1.807, 2.05) is 31.2 Å². The minimum atomic E-state index is -0.0281. The quantitative estimate of drug-likeness (QED) is 0.708. The zero-order valence-electron chi connectivity index (χ0n) is 15.6. The smallest absolute Gasteiger partial charge is 0.231 e. The van der Waals surface area contributed by atoms with Gasteiger partial charge in [-0.05, 0) is 44.0 Å². The van der Waals surface area contributed by atoms with Gasteiger partial charge in [0.25, 0.3) is 0 Å². The van der Waals surface area contributed by atoms with Gasteiger partial charge in [-0.2, -0.15) is 0 Å². The number of nitrogens with one attached hydrogen (secondary N) is 1. The summed E-state index contributed by atoms with van der Waals surface area (Å²) < 4.78 is 0. The number of carbonyl (C=O) groups is 1. The minimum absolute atomic E-state index is 0.0281. The average molecular weight is 378 g/mol. The minimum Gasteiger partial charge on any atom is -0.362 e. The molecule has 1 aromatic heterocycles. The van der Waals surface area contributed by atoms with Gasteiger partial charge < -0.3 is 10.2 Å². The zero-order valence-corrected chi connectivity index (χ0v) is 16.4. The van der Waals surface area contributed by atoms with Gasteiger partial charge in [-0.25, -0.2) is 4.98 Å². The van der Waals surface area contributed by atoms with Gasteiger partial charge in [-0.3, -0.25) is 4.79 Å². The number of thiazole rings is 1. The van der Waals surface area contributed by atoms with Crippen molar-refractivity contribution in [3.05, 3.63) is 75.7 Å². The van der Waals surface area contributed by atoms with Crippen LogP contribution in [0.4, 0.5) is 11.4 Å². The van der Waals surface area contributed by atoms with Gasteiger partial charge in [0.1, 0.15) is 5.01 Å². The van der Waals surface area contributed by atoms with Crippen LogP contribution in [0.15, 0.2) is 53.9 Å². The Morgan fingerprint density at radius 3 is 2.81 bits per heavy atom. The highest BCUT2D eigenvalue weighted by Crippen LogP contribution is 2.33. The van der Waals surface area contributed by atoms with E-state index in [1.165, 1.54) is 16.8 Å². The molecule has 0 spiro atoms. The van der Waals surface area contributed by atoms with Crippen LogP contribution in [0.25, 0.3) is 0 Å². The standard InChI is InChI=1S/C22H23N3OS/c1-15-7-9-18(10-8-15)23-21(26)12-22-24-19(14-27-22)13-25-16(2)11-17-5-3-4-6-20(17)25/h3-10,14,16H,11-13H2,1-2H3,(H,23,26). The molecule has 1 aliphatic heterocycles. The van der Waals surface area contributed by atoms with Crippen molar-refractivity contribution in [2.45, 2.75) is 39.3 Å². The maximum absolute atomic E-state index is 12.3. The van der Waals surface area contributed by atoms with Crippen LogP contribution in [0.3, 0.4) is 0 Å². The SMILES string of the molecule is Cc1ccc(NC(=O)Cc2nc(CN3c4ccccc4CC3C)cs2)cc1. The number of aromatic nitrogens is 1. The molecular formula is C22H23N3OS. The van der Waals surface area contributed by atoms with Gasteiger partial charge in [0, 0.05) is 22.8 Å². The third-order valence-electron chi connectivity index (χ3n) is 4.93. The summed E-state index contributed by atoms with van der Waals surface area (Å²) in [5.41, 5.74) is 5.73. The van der Waals surface area contributed by atoms with Gasteiger partial charge in [-0.1, -0.05) is 35.9 Å². The maximum atomic E-state index is 12.3. The molecule has 0 aliphatic carbocycles. The van der Waals surface area contributed by atoms with Gasteiger partial charge in [0.2, 0.25) is 5.91 Å². The summed E-state index contributed by atoms with van der Waals surface area (Å²) in [6, 6.07) is 16.9. The van der Waals surface area contributed by atoms with E-state index < -0.39 is 0 Å². The number of hydrogen-bond acceptors (Lipinski definition) is 4. The van der Waals surface area contributed by atoms with Crippen molar-refractivity contribution in [2.75, 3.05) is 10.2 Å². The highest BCUT2D eigenvalue weighted by atomic mass is 32.1. The number of rotatable bonds is 5. The molecule has 2 aromatic carbocycles. The molecule has 4 rings (SSSR count). The lowest BCUT2D eigenvalue weighted by atomic mass is 10.1. The van der Waals surface area contributed by atoms with E-state index in [-0.39, 0.29) is 5.91 Å². The summed E-state index contributed by atoms with van der Waals surface area (Å²) in [7, 11) is 0. The second-order valence-electron chi connectivity index (χ2n) is 7.13. The number of benzene rings is 2. The van der Waals surface area contributed by atoms with Crippen molar-refractivity contribution in [1.82, 2.24) is 4.98 Å². The summed E-state index contributed by atoms with van der Waals surface area (Å²) >= 11 is 1.56. The van der Waals surface area contributed by atoms with Gasteiger partial charge in [0.05, 0.1) is 18.7 Å². The van der Waals surface area contributed by atoms with Crippen LogP contribution in [0.1, 0.15) is 28.8 Å². The Bertz CT molecular complexity index is 948. The molecule has 1 atom stereocenters. The molecule has 1 amide bonds. The summed E-state index contributed by atoms with van der Waals surface area (Å²) in [6.45, 7) is 5.07. The van der Waals surface area contributed by atoms with Crippen LogP contribution in [0.5, 0.6) is 0 Å². The Hall–Kier alpha value is -2.66. The fraction of sp³-hybridized carbons (Fsp3) is 0.273. The van der Waals surface area contributed by atoms with Crippen LogP contribution in [-0.4, -0.2) is 16.9 Å². The topological polar surface area (TPSA) is 45.2 Å². The first-order valence-electron chi connectivity index (χ1n) is 9.23. The van der Waals surface area contributed by atoms with Crippen LogP contribution in [0.2, 0.25) is 0 Å². The molecule has 2 heterocycles. The molecule has 1 aliphatic rings. The number of amides is 1. The van der Waals surface area contributed by atoms with E-state index >= 15 is 0 Å². The molecule has 3 aromatic rings. The second kappa shape index (κ2) is 7.53. The molecule has 1 unspecified atom stereocenters. The fourth-order valence-electron chi connectivity index (χ4n) is 3.53. The molecule has 138 valence electrons. The summed E-state index contributed by atoms with van der Waals surface area (Å²) in [6.07, 6.45) is 1.39. The van der Waals surface area contributed by atoms with Crippen molar-refractivity contribution in [3.63, 3.8) is 0 Å². The number of carbonyl (C=O) groups excluding carboxylic acids is 1. The third kappa shape index (κ3) is 4.03. The number of hydrogen-bond donors (Lipinski definition) is 1.